The van der Waals surface area contributed by atoms with E-state index in [1.165, 1.54) is 11.3 Å². The molecule has 0 spiro atoms. The molecule has 0 saturated heterocycles. The molecular weight excluding hydrogens is 246 g/mol. The minimum absolute atomic E-state index is 0.00211. The van der Waals surface area contributed by atoms with Crippen molar-refractivity contribution in [1.29, 1.82) is 0 Å². The number of thiazole rings is 1. The van der Waals surface area contributed by atoms with Crippen molar-refractivity contribution in [3.8, 4) is 0 Å². The van der Waals surface area contributed by atoms with E-state index >= 15 is 0 Å². The maximum absolute atomic E-state index is 12.3. The van der Waals surface area contributed by atoms with Crippen molar-refractivity contribution in [2.45, 2.75) is 38.6 Å². The van der Waals surface area contributed by atoms with Gasteiger partial charge in [0.05, 0.1) is 5.92 Å². The largest absolute Gasteiger partial charge is 0.327 e. The number of hydrogen-bond acceptors (Lipinski definition) is 4. The summed E-state index contributed by atoms with van der Waals surface area (Å²) in [5.74, 6) is 1.13. The highest BCUT2D eigenvalue weighted by atomic mass is 32.1. The SMILES string of the molecule is CCc1cnc(NC(=O)C2C3CCC(C3)C2N)s1. The third kappa shape index (κ3) is 1.95. The first kappa shape index (κ1) is 12.1. The van der Waals surface area contributed by atoms with Gasteiger partial charge in [-0.25, -0.2) is 4.98 Å². The molecule has 2 saturated carbocycles. The van der Waals surface area contributed by atoms with Gasteiger partial charge in [-0.1, -0.05) is 6.92 Å². The molecule has 0 aromatic carbocycles. The van der Waals surface area contributed by atoms with Crippen LogP contribution in [0.5, 0.6) is 0 Å². The third-order valence-electron chi connectivity index (χ3n) is 4.42. The average Bonchev–Trinajstić information content (AvgIpc) is 3.03. The van der Waals surface area contributed by atoms with Gasteiger partial charge in [0.15, 0.2) is 5.13 Å². The van der Waals surface area contributed by atoms with Gasteiger partial charge in [-0.2, -0.15) is 0 Å². The fraction of sp³-hybridized carbons (Fsp3) is 0.692. The maximum atomic E-state index is 12.3. The predicted octanol–water partition coefficient (Wildman–Crippen LogP) is 2.02. The zero-order valence-electron chi connectivity index (χ0n) is 10.6. The highest BCUT2D eigenvalue weighted by Gasteiger charge is 2.49. The predicted molar refractivity (Wildman–Crippen MR) is 72.4 cm³/mol. The molecule has 5 heteroatoms. The van der Waals surface area contributed by atoms with E-state index in [4.69, 9.17) is 5.73 Å². The second-order valence-electron chi connectivity index (χ2n) is 5.41. The Morgan fingerprint density at radius 2 is 2.33 bits per heavy atom. The number of nitrogens with zero attached hydrogens (tertiary/aromatic N) is 1. The zero-order valence-corrected chi connectivity index (χ0v) is 11.4. The summed E-state index contributed by atoms with van der Waals surface area (Å²) in [6.07, 6.45) is 6.29. The van der Waals surface area contributed by atoms with Gasteiger partial charge in [0.2, 0.25) is 5.91 Å². The molecule has 0 radical (unpaired) electrons. The zero-order chi connectivity index (χ0) is 12.7. The van der Waals surface area contributed by atoms with E-state index in [0.29, 0.717) is 17.0 Å². The van der Waals surface area contributed by atoms with E-state index in [0.717, 1.165) is 19.3 Å². The lowest BCUT2D eigenvalue weighted by Gasteiger charge is -2.26. The molecule has 2 aliphatic rings. The Balaban J connectivity index is 1.68. The van der Waals surface area contributed by atoms with Gasteiger partial charge in [-0.05, 0) is 37.5 Å². The molecule has 98 valence electrons. The van der Waals surface area contributed by atoms with Crippen LogP contribution in [0.2, 0.25) is 0 Å². The summed E-state index contributed by atoms with van der Waals surface area (Å²) in [4.78, 5) is 17.7. The maximum Gasteiger partial charge on any atom is 0.231 e. The van der Waals surface area contributed by atoms with Gasteiger partial charge in [0, 0.05) is 17.1 Å². The average molecular weight is 265 g/mol. The monoisotopic (exact) mass is 265 g/mol. The molecule has 2 bridgehead atoms. The summed E-state index contributed by atoms with van der Waals surface area (Å²) in [6.45, 7) is 2.09. The van der Waals surface area contributed by atoms with Crippen LogP contribution in [-0.4, -0.2) is 16.9 Å². The lowest BCUT2D eigenvalue weighted by Crippen LogP contribution is -2.42. The lowest BCUT2D eigenvalue weighted by atomic mass is 9.84. The molecule has 4 nitrogen and oxygen atoms in total. The van der Waals surface area contributed by atoms with Crippen molar-refractivity contribution < 1.29 is 4.79 Å². The second-order valence-corrected chi connectivity index (χ2v) is 6.53. The topological polar surface area (TPSA) is 68.0 Å². The van der Waals surface area contributed by atoms with Gasteiger partial charge in [0.25, 0.3) is 0 Å². The number of rotatable bonds is 3. The highest BCUT2D eigenvalue weighted by molar-refractivity contribution is 7.15. The van der Waals surface area contributed by atoms with Crippen LogP contribution >= 0.6 is 11.3 Å². The Labute approximate surface area is 111 Å². The Bertz CT molecular complexity index is 457. The van der Waals surface area contributed by atoms with Crippen LogP contribution in [0.25, 0.3) is 0 Å². The molecule has 1 heterocycles. The smallest absolute Gasteiger partial charge is 0.231 e. The number of aryl methyl sites for hydroxylation is 1. The Kier molecular flexibility index (Phi) is 3.11. The van der Waals surface area contributed by atoms with E-state index in [2.05, 4.69) is 17.2 Å². The van der Waals surface area contributed by atoms with E-state index < -0.39 is 0 Å². The molecule has 1 aromatic rings. The van der Waals surface area contributed by atoms with Crippen molar-refractivity contribution in [3.05, 3.63) is 11.1 Å². The van der Waals surface area contributed by atoms with Crippen LogP contribution in [0.4, 0.5) is 5.13 Å². The first-order chi connectivity index (χ1) is 8.69. The van der Waals surface area contributed by atoms with Crippen LogP contribution < -0.4 is 11.1 Å². The third-order valence-corrected chi connectivity index (χ3v) is 5.47. The fourth-order valence-electron chi connectivity index (χ4n) is 3.44. The quantitative estimate of drug-likeness (QED) is 0.878. The van der Waals surface area contributed by atoms with Gasteiger partial charge in [-0.15, -0.1) is 11.3 Å². The Morgan fingerprint density at radius 1 is 1.56 bits per heavy atom. The van der Waals surface area contributed by atoms with Crippen LogP contribution in [0.15, 0.2) is 6.20 Å². The molecule has 0 aliphatic heterocycles. The summed E-state index contributed by atoms with van der Waals surface area (Å²) >= 11 is 1.56. The van der Waals surface area contributed by atoms with Gasteiger partial charge >= 0.3 is 0 Å². The standard InChI is InChI=1S/C13H19N3OS/c1-2-9-6-15-13(18-9)16-12(17)10-7-3-4-8(5-7)11(10)14/h6-8,10-11H,2-5,14H2,1H3,(H,15,16,17). The molecule has 2 fully saturated rings. The van der Waals surface area contributed by atoms with Gasteiger partial charge in [0.1, 0.15) is 0 Å². The molecular formula is C13H19N3OS. The van der Waals surface area contributed by atoms with Crippen LogP contribution in [-0.2, 0) is 11.2 Å². The molecule has 4 unspecified atom stereocenters. The fourth-order valence-corrected chi connectivity index (χ4v) is 4.20. The molecule has 3 rings (SSSR count). The Morgan fingerprint density at radius 3 is 2.94 bits per heavy atom. The first-order valence-corrected chi connectivity index (χ1v) is 7.52. The number of nitrogens with two attached hydrogens (primary N) is 1. The van der Waals surface area contributed by atoms with Crippen LogP contribution in [0.3, 0.4) is 0 Å². The van der Waals surface area contributed by atoms with Crippen LogP contribution in [0, 0.1) is 17.8 Å². The summed E-state index contributed by atoms with van der Waals surface area (Å²) in [7, 11) is 0. The number of hydrogen-bond donors (Lipinski definition) is 2. The number of anilines is 1. The van der Waals surface area contributed by atoms with Crippen molar-refractivity contribution >= 4 is 22.4 Å². The number of fused-ring (bicyclic) bond motifs is 2. The molecule has 1 aromatic heterocycles. The molecule has 1 amide bonds. The van der Waals surface area contributed by atoms with Gasteiger partial charge < -0.3 is 11.1 Å². The highest BCUT2D eigenvalue weighted by Crippen LogP contribution is 2.47. The van der Waals surface area contributed by atoms with Crippen molar-refractivity contribution in [3.63, 3.8) is 0 Å². The summed E-state index contributed by atoms with van der Waals surface area (Å²) in [6, 6.07) is 0.0503. The minimum atomic E-state index is -0.00211. The Hall–Kier alpha value is -0.940. The summed E-state index contributed by atoms with van der Waals surface area (Å²) in [5, 5.41) is 3.66. The van der Waals surface area contributed by atoms with Crippen molar-refractivity contribution in [2.75, 3.05) is 5.32 Å². The summed E-state index contributed by atoms with van der Waals surface area (Å²) in [5.41, 5.74) is 6.17. The van der Waals surface area contributed by atoms with Crippen molar-refractivity contribution in [1.82, 2.24) is 4.98 Å². The van der Waals surface area contributed by atoms with Crippen LogP contribution in [0.1, 0.15) is 31.1 Å². The van der Waals surface area contributed by atoms with Crippen molar-refractivity contribution in [2.24, 2.45) is 23.5 Å². The molecule has 4 atom stereocenters. The number of aromatic nitrogens is 1. The molecule has 3 N–H and O–H groups in total. The number of carbonyl (C=O) groups excluding carboxylic acids is 1. The molecule has 18 heavy (non-hydrogen) atoms. The minimum Gasteiger partial charge on any atom is -0.327 e. The van der Waals surface area contributed by atoms with E-state index in [1.54, 1.807) is 11.3 Å². The number of amides is 1. The number of nitrogens with one attached hydrogen (secondary N) is 1. The molecule has 2 aliphatic carbocycles. The normalized spacial score (nSPS) is 33.9. The van der Waals surface area contributed by atoms with E-state index in [-0.39, 0.29) is 17.9 Å². The lowest BCUT2D eigenvalue weighted by molar-refractivity contribution is -0.121. The van der Waals surface area contributed by atoms with E-state index in [9.17, 15) is 4.79 Å². The summed E-state index contributed by atoms with van der Waals surface area (Å²) < 4.78 is 0. The first-order valence-electron chi connectivity index (χ1n) is 6.70. The van der Waals surface area contributed by atoms with Gasteiger partial charge in [-0.3, -0.25) is 4.79 Å². The number of carbonyl (C=O) groups is 1. The van der Waals surface area contributed by atoms with E-state index in [1.807, 2.05) is 6.20 Å². The second kappa shape index (κ2) is 4.63.